The van der Waals surface area contributed by atoms with Gasteiger partial charge in [0.1, 0.15) is 11.7 Å². The Morgan fingerprint density at radius 3 is 2.14 bits per heavy atom. The largest absolute Gasteiger partial charge is 0.364 e. The average molecular weight is 670 g/mol. The van der Waals surface area contributed by atoms with E-state index in [9.17, 15) is 19.2 Å². The van der Waals surface area contributed by atoms with E-state index in [0.717, 1.165) is 63.7 Å². The molecular weight excluding hydrogens is 618 g/mol. The van der Waals surface area contributed by atoms with Crippen molar-refractivity contribution in [2.24, 2.45) is 11.7 Å². The van der Waals surface area contributed by atoms with Gasteiger partial charge in [0.25, 0.3) is 5.91 Å². The zero-order valence-corrected chi connectivity index (χ0v) is 28.9. The number of amides is 4. The van der Waals surface area contributed by atoms with Crippen molar-refractivity contribution in [1.82, 2.24) is 24.9 Å². The molecule has 0 radical (unpaired) electrons. The topological polar surface area (TPSA) is 143 Å². The highest BCUT2D eigenvalue weighted by Crippen LogP contribution is 2.36. The number of aromatic nitrogens is 2. The van der Waals surface area contributed by atoms with Gasteiger partial charge in [-0.2, -0.15) is 5.10 Å². The van der Waals surface area contributed by atoms with Gasteiger partial charge in [-0.15, -0.1) is 0 Å². The molecule has 0 unspecified atom stereocenters. The van der Waals surface area contributed by atoms with Crippen molar-refractivity contribution in [3.05, 3.63) is 83.2 Å². The Bertz CT molecular complexity index is 1560. The first-order valence-electron chi connectivity index (χ1n) is 17.9. The molecule has 1 saturated carbocycles. The molecule has 4 N–H and O–H groups in total. The van der Waals surface area contributed by atoms with Crippen LogP contribution in [0.3, 0.4) is 0 Å². The van der Waals surface area contributed by atoms with Crippen LogP contribution in [0.4, 0.5) is 5.69 Å². The third-order valence-electron chi connectivity index (χ3n) is 9.87. The van der Waals surface area contributed by atoms with E-state index in [4.69, 9.17) is 5.73 Å². The molecule has 4 amide bonds. The second-order valence-electron chi connectivity index (χ2n) is 13.3. The Morgan fingerprint density at radius 2 is 1.55 bits per heavy atom. The quantitative estimate of drug-likeness (QED) is 0.229. The Labute approximate surface area is 289 Å². The summed E-state index contributed by atoms with van der Waals surface area (Å²) >= 11 is 0. The molecule has 0 spiro atoms. The molecule has 2 aliphatic rings. The van der Waals surface area contributed by atoms with Gasteiger partial charge in [0.05, 0.1) is 11.6 Å². The van der Waals surface area contributed by atoms with Crippen molar-refractivity contribution in [3.8, 4) is 0 Å². The Hall–Kier alpha value is -4.51. The van der Waals surface area contributed by atoms with Gasteiger partial charge < -0.3 is 21.3 Å². The van der Waals surface area contributed by atoms with Crippen molar-refractivity contribution in [2.45, 2.75) is 90.3 Å². The van der Waals surface area contributed by atoms with Crippen LogP contribution in [0, 0.1) is 5.92 Å². The van der Waals surface area contributed by atoms with Crippen molar-refractivity contribution in [2.75, 3.05) is 31.5 Å². The molecule has 1 aromatic heterocycles. The molecule has 3 aromatic rings. The zero-order chi connectivity index (χ0) is 34.8. The van der Waals surface area contributed by atoms with E-state index < -0.39 is 17.9 Å². The predicted molar refractivity (Wildman–Crippen MR) is 190 cm³/mol. The predicted octanol–water partition coefficient (Wildman–Crippen LogP) is 4.48. The molecule has 2 fully saturated rings. The Kier molecular flexibility index (Phi) is 12.6. The number of aryl methyl sites for hydroxylation is 1. The first kappa shape index (κ1) is 35.8. The van der Waals surface area contributed by atoms with Crippen LogP contribution in [0.25, 0.3) is 0 Å². The molecule has 1 aliphatic heterocycles. The SMILES string of the molecule is CCC(=O)N[C@H](Cc1ccc(NC(=O)[C@H](c2cc(C(N)=O)n(CC)n2)C2CCCCCC2)cc1)C(=O)N1CCN(Cc2ccccc2)CC1. The fourth-order valence-electron chi connectivity index (χ4n) is 7.13. The molecule has 2 heterocycles. The van der Waals surface area contributed by atoms with Gasteiger partial charge in [-0.3, -0.25) is 28.8 Å². The van der Waals surface area contributed by atoms with Crippen LogP contribution in [-0.2, 0) is 33.9 Å². The summed E-state index contributed by atoms with van der Waals surface area (Å²) in [7, 11) is 0. The molecule has 262 valence electrons. The lowest BCUT2D eigenvalue weighted by atomic mass is 9.83. The van der Waals surface area contributed by atoms with Crippen LogP contribution < -0.4 is 16.4 Å². The number of hydrogen-bond acceptors (Lipinski definition) is 6. The number of carbonyl (C=O) groups is 4. The van der Waals surface area contributed by atoms with Crippen LogP contribution >= 0.6 is 0 Å². The monoisotopic (exact) mass is 669 g/mol. The molecule has 11 heteroatoms. The number of anilines is 1. The highest BCUT2D eigenvalue weighted by atomic mass is 16.2. The van der Waals surface area contributed by atoms with Gasteiger partial charge in [-0.25, -0.2) is 0 Å². The first-order chi connectivity index (χ1) is 23.7. The van der Waals surface area contributed by atoms with Crippen LogP contribution in [0.15, 0.2) is 60.7 Å². The van der Waals surface area contributed by atoms with Gasteiger partial charge in [0.2, 0.25) is 17.7 Å². The maximum atomic E-state index is 13.9. The minimum atomic E-state index is -0.679. The number of nitrogens with one attached hydrogen (secondary N) is 2. The van der Waals surface area contributed by atoms with Crippen molar-refractivity contribution in [3.63, 3.8) is 0 Å². The zero-order valence-electron chi connectivity index (χ0n) is 28.9. The fraction of sp³-hybridized carbons (Fsp3) is 0.500. The van der Waals surface area contributed by atoms with Crippen LogP contribution in [0.1, 0.15) is 92.0 Å². The molecule has 49 heavy (non-hydrogen) atoms. The summed E-state index contributed by atoms with van der Waals surface area (Å²) in [6, 6.07) is 18.8. The van der Waals surface area contributed by atoms with E-state index in [-0.39, 0.29) is 23.6 Å². The summed E-state index contributed by atoms with van der Waals surface area (Å²) in [4.78, 5) is 56.4. The average Bonchev–Trinajstić information content (AvgIpc) is 3.37. The number of nitrogens with zero attached hydrogens (tertiary/aromatic N) is 4. The summed E-state index contributed by atoms with van der Waals surface area (Å²) in [5.74, 6) is -1.37. The van der Waals surface area contributed by atoms with E-state index in [1.807, 2.05) is 54.3 Å². The normalized spacial score (nSPS) is 17.1. The van der Waals surface area contributed by atoms with Gasteiger partial charge in [0.15, 0.2) is 0 Å². The van der Waals surface area contributed by atoms with Gasteiger partial charge in [-0.1, -0.05) is 75.1 Å². The summed E-state index contributed by atoms with van der Waals surface area (Å²) in [6.45, 7) is 7.75. The number of hydrogen-bond donors (Lipinski definition) is 3. The minimum absolute atomic E-state index is 0.0772. The summed E-state index contributed by atoms with van der Waals surface area (Å²) in [5.41, 5.74) is 9.27. The van der Waals surface area contributed by atoms with Crippen molar-refractivity contribution < 1.29 is 19.2 Å². The van der Waals surface area contributed by atoms with Crippen molar-refractivity contribution >= 4 is 29.3 Å². The summed E-state index contributed by atoms with van der Waals surface area (Å²) in [5, 5.41) is 10.7. The fourth-order valence-corrected chi connectivity index (χ4v) is 7.13. The second kappa shape index (κ2) is 17.2. The van der Waals surface area contributed by atoms with Crippen LogP contribution in [0.2, 0.25) is 0 Å². The molecule has 0 bridgehead atoms. The van der Waals surface area contributed by atoms with Gasteiger partial charge in [0, 0.05) is 57.8 Å². The number of nitrogens with two attached hydrogens (primary N) is 1. The Morgan fingerprint density at radius 1 is 0.878 bits per heavy atom. The highest BCUT2D eigenvalue weighted by Gasteiger charge is 2.34. The molecule has 1 aliphatic carbocycles. The number of carbonyl (C=O) groups excluding carboxylic acids is 4. The Balaban J connectivity index is 1.25. The lowest BCUT2D eigenvalue weighted by molar-refractivity contribution is -0.138. The maximum absolute atomic E-state index is 13.9. The lowest BCUT2D eigenvalue weighted by Crippen LogP contribution is -2.55. The van der Waals surface area contributed by atoms with Gasteiger partial charge in [-0.05, 0) is 55.0 Å². The van der Waals surface area contributed by atoms with Crippen molar-refractivity contribution in [1.29, 1.82) is 0 Å². The lowest BCUT2D eigenvalue weighted by Gasteiger charge is -2.36. The molecule has 11 nitrogen and oxygen atoms in total. The molecule has 5 rings (SSSR count). The molecular formula is C38H51N7O4. The second-order valence-corrected chi connectivity index (χ2v) is 13.3. The molecule has 2 aromatic carbocycles. The van der Waals surface area contributed by atoms with E-state index in [2.05, 4.69) is 32.8 Å². The number of piperazine rings is 1. The molecule has 2 atom stereocenters. The van der Waals surface area contributed by atoms with E-state index >= 15 is 0 Å². The minimum Gasteiger partial charge on any atom is -0.364 e. The highest BCUT2D eigenvalue weighted by molar-refractivity contribution is 5.97. The summed E-state index contributed by atoms with van der Waals surface area (Å²) in [6.07, 6.45) is 6.88. The van der Waals surface area contributed by atoms with Crippen LogP contribution in [-0.4, -0.2) is 75.4 Å². The van der Waals surface area contributed by atoms with Crippen LogP contribution in [0.5, 0.6) is 0 Å². The maximum Gasteiger partial charge on any atom is 0.266 e. The third kappa shape index (κ3) is 9.56. The third-order valence-corrected chi connectivity index (χ3v) is 9.87. The molecule has 1 saturated heterocycles. The summed E-state index contributed by atoms with van der Waals surface area (Å²) < 4.78 is 1.57. The van der Waals surface area contributed by atoms with E-state index in [1.54, 1.807) is 17.7 Å². The number of primary amides is 1. The standard InChI is InChI=1S/C38H51N7O4/c1-3-34(46)41-32(38(49)44-22-20-43(21-23-44)26-28-12-8-7-9-13-28)24-27-16-18-30(19-17-27)40-37(48)35(29-14-10-5-6-11-15-29)31-25-33(36(39)47)45(4-2)42-31/h7-9,12-13,16-19,25,29,32,35H,3-6,10-11,14-15,20-24,26H2,1-2H3,(H2,39,47)(H,40,48)(H,41,46)/t32-,35+/m1/s1. The number of rotatable bonds is 13. The smallest absolute Gasteiger partial charge is 0.266 e. The van der Waals surface area contributed by atoms with E-state index in [0.29, 0.717) is 49.6 Å². The number of benzene rings is 2. The first-order valence-corrected chi connectivity index (χ1v) is 17.9. The van der Waals surface area contributed by atoms with Gasteiger partial charge >= 0.3 is 0 Å². The van der Waals surface area contributed by atoms with E-state index in [1.165, 1.54) is 5.56 Å².